The van der Waals surface area contributed by atoms with E-state index in [0.29, 0.717) is 25.3 Å². The highest BCUT2D eigenvalue weighted by atomic mass is 16.5. The van der Waals surface area contributed by atoms with E-state index in [9.17, 15) is 10.2 Å². The molecule has 3 N–H and O–H groups in total. The number of benzene rings is 2. The lowest BCUT2D eigenvalue weighted by molar-refractivity contribution is 0.174. The van der Waals surface area contributed by atoms with Gasteiger partial charge in [0.25, 0.3) is 0 Å². The van der Waals surface area contributed by atoms with Gasteiger partial charge in [0.15, 0.2) is 11.5 Å². The second-order valence-corrected chi connectivity index (χ2v) is 5.36. The van der Waals surface area contributed by atoms with E-state index in [4.69, 9.17) is 4.74 Å². The van der Waals surface area contributed by atoms with Gasteiger partial charge in [0.2, 0.25) is 0 Å². The number of rotatable bonds is 8. The normalized spacial score (nSPS) is 11.9. The summed E-state index contributed by atoms with van der Waals surface area (Å²) >= 11 is 0. The third-order valence-corrected chi connectivity index (χ3v) is 3.65. The summed E-state index contributed by atoms with van der Waals surface area (Å²) in [6.07, 6.45) is 1.93. The van der Waals surface area contributed by atoms with Crippen LogP contribution >= 0.6 is 0 Å². The highest BCUT2D eigenvalue weighted by molar-refractivity contribution is 5.48. The molecule has 0 amide bonds. The molecule has 0 radical (unpaired) electrons. The minimum absolute atomic E-state index is 0.127. The largest absolute Gasteiger partial charge is 0.504 e. The maximum atomic E-state index is 10.2. The van der Waals surface area contributed by atoms with Crippen molar-refractivity contribution in [3.05, 3.63) is 71.8 Å². The maximum absolute atomic E-state index is 10.2. The first-order chi connectivity index (χ1) is 11.2. The Kier molecular flexibility index (Phi) is 6.20. The van der Waals surface area contributed by atoms with Crippen molar-refractivity contribution in [2.45, 2.75) is 19.1 Å². The molecule has 0 saturated heterocycles. The predicted octanol–water partition coefficient (Wildman–Crippen LogP) is 2.95. The topological polar surface area (TPSA) is 61.7 Å². The molecule has 0 aliphatic carbocycles. The summed E-state index contributed by atoms with van der Waals surface area (Å²) < 4.78 is 5.21. The number of phenolic OH excluding ortho intramolecular Hbond substituents is 1. The van der Waals surface area contributed by atoms with Crippen LogP contribution in [0.2, 0.25) is 0 Å². The first kappa shape index (κ1) is 17.1. The number of phenols is 1. The van der Waals surface area contributed by atoms with Gasteiger partial charge in [-0.2, -0.15) is 0 Å². The van der Waals surface area contributed by atoms with Crippen LogP contribution in [0.4, 0.5) is 0 Å². The van der Waals surface area contributed by atoms with Crippen molar-refractivity contribution in [2.75, 3.05) is 13.7 Å². The molecule has 0 aromatic heterocycles. The van der Waals surface area contributed by atoms with Gasteiger partial charge >= 0.3 is 0 Å². The van der Waals surface area contributed by atoms with Crippen molar-refractivity contribution in [3.8, 4) is 11.5 Å². The summed E-state index contributed by atoms with van der Waals surface area (Å²) in [5, 5.41) is 23.5. The Morgan fingerprint density at radius 3 is 2.65 bits per heavy atom. The predicted molar refractivity (Wildman–Crippen MR) is 91.7 cm³/mol. The Labute approximate surface area is 137 Å². The number of allylic oxidation sites excluding steroid dienone is 1. The lowest BCUT2D eigenvalue weighted by Crippen LogP contribution is -2.21. The van der Waals surface area contributed by atoms with E-state index >= 15 is 0 Å². The molecule has 1 atom stereocenters. The van der Waals surface area contributed by atoms with Crippen molar-refractivity contribution in [1.82, 2.24) is 5.32 Å². The van der Waals surface area contributed by atoms with Crippen molar-refractivity contribution in [1.29, 1.82) is 0 Å². The maximum Gasteiger partial charge on any atom is 0.162 e. The van der Waals surface area contributed by atoms with E-state index in [0.717, 1.165) is 16.7 Å². The smallest absolute Gasteiger partial charge is 0.162 e. The number of methoxy groups -OCH3 is 1. The Hall–Kier alpha value is -2.30. The molecule has 122 valence electrons. The molecule has 4 heteroatoms. The van der Waals surface area contributed by atoms with Crippen LogP contribution < -0.4 is 10.1 Å². The Morgan fingerprint density at radius 2 is 2.00 bits per heavy atom. The minimum Gasteiger partial charge on any atom is -0.504 e. The van der Waals surface area contributed by atoms with Crippen molar-refractivity contribution < 1.29 is 14.9 Å². The van der Waals surface area contributed by atoms with E-state index in [1.807, 2.05) is 42.5 Å². The average Bonchev–Trinajstić information content (AvgIpc) is 2.58. The van der Waals surface area contributed by atoms with Crippen LogP contribution in [-0.2, 0) is 13.0 Å². The lowest BCUT2D eigenvalue weighted by atomic mass is 10.1. The quantitative estimate of drug-likeness (QED) is 0.656. The number of nitrogens with one attached hydrogen (secondary N) is 1. The zero-order chi connectivity index (χ0) is 16.7. The lowest BCUT2D eigenvalue weighted by Gasteiger charge is -2.15. The zero-order valence-corrected chi connectivity index (χ0v) is 13.3. The van der Waals surface area contributed by atoms with Gasteiger partial charge in [-0.05, 0) is 23.6 Å². The molecule has 0 heterocycles. The van der Waals surface area contributed by atoms with Gasteiger partial charge in [0.1, 0.15) is 0 Å². The van der Waals surface area contributed by atoms with Crippen LogP contribution in [0, 0.1) is 0 Å². The summed E-state index contributed by atoms with van der Waals surface area (Å²) in [6, 6.07) is 13.2. The number of aromatic hydroxyl groups is 1. The van der Waals surface area contributed by atoms with E-state index in [2.05, 4.69) is 11.9 Å². The number of hydrogen-bond acceptors (Lipinski definition) is 4. The molecule has 0 aliphatic heterocycles. The highest BCUT2D eigenvalue weighted by Gasteiger charge is 2.11. The van der Waals surface area contributed by atoms with Crippen LogP contribution in [-0.4, -0.2) is 23.9 Å². The summed E-state index contributed by atoms with van der Waals surface area (Å²) in [5.74, 6) is 0.576. The molecular formula is C19H23NO3. The summed E-state index contributed by atoms with van der Waals surface area (Å²) in [5.41, 5.74) is 2.62. The van der Waals surface area contributed by atoms with Crippen LogP contribution in [0.5, 0.6) is 11.5 Å². The average molecular weight is 313 g/mol. The standard InChI is InChI=1S/C19H23NO3/c1-3-7-14-10-16(19(22)18(11-14)23-2)12-20-13-17(21)15-8-5-4-6-9-15/h3-6,8-11,17,20-22H,1,7,12-13H2,2H3. The fourth-order valence-corrected chi connectivity index (χ4v) is 2.44. The molecule has 0 spiro atoms. The molecule has 4 nitrogen and oxygen atoms in total. The van der Waals surface area contributed by atoms with Gasteiger partial charge in [-0.1, -0.05) is 42.5 Å². The van der Waals surface area contributed by atoms with Crippen LogP contribution in [0.15, 0.2) is 55.1 Å². The second kappa shape index (κ2) is 8.36. The highest BCUT2D eigenvalue weighted by Crippen LogP contribution is 2.31. The molecule has 1 unspecified atom stereocenters. The van der Waals surface area contributed by atoms with Crippen LogP contribution in [0.1, 0.15) is 22.8 Å². The molecular weight excluding hydrogens is 290 g/mol. The van der Waals surface area contributed by atoms with Crippen molar-refractivity contribution >= 4 is 0 Å². The summed E-state index contributed by atoms with van der Waals surface area (Å²) in [7, 11) is 1.53. The Morgan fingerprint density at radius 1 is 1.26 bits per heavy atom. The number of hydrogen-bond donors (Lipinski definition) is 3. The summed E-state index contributed by atoms with van der Waals surface area (Å²) in [6.45, 7) is 4.57. The molecule has 2 aromatic rings. The molecule has 2 aromatic carbocycles. The zero-order valence-electron chi connectivity index (χ0n) is 13.3. The van der Waals surface area contributed by atoms with Crippen LogP contribution in [0.25, 0.3) is 0 Å². The van der Waals surface area contributed by atoms with Gasteiger partial charge in [-0.3, -0.25) is 0 Å². The fourth-order valence-electron chi connectivity index (χ4n) is 2.44. The molecule has 23 heavy (non-hydrogen) atoms. The van der Waals surface area contributed by atoms with Gasteiger partial charge in [0.05, 0.1) is 13.2 Å². The minimum atomic E-state index is -0.586. The molecule has 0 saturated carbocycles. The van der Waals surface area contributed by atoms with E-state index in [1.54, 1.807) is 6.07 Å². The molecule has 0 fully saturated rings. The van der Waals surface area contributed by atoms with Gasteiger partial charge in [-0.15, -0.1) is 6.58 Å². The van der Waals surface area contributed by atoms with Gasteiger partial charge < -0.3 is 20.3 Å². The Bertz CT molecular complexity index is 641. The second-order valence-electron chi connectivity index (χ2n) is 5.36. The van der Waals surface area contributed by atoms with Gasteiger partial charge in [0, 0.05) is 18.7 Å². The van der Waals surface area contributed by atoms with Gasteiger partial charge in [-0.25, -0.2) is 0 Å². The third-order valence-electron chi connectivity index (χ3n) is 3.65. The van der Waals surface area contributed by atoms with E-state index in [1.165, 1.54) is 7.11 Å². The van der Waals surface area contributed by atoms with E-state index < -0.39 is 6.10 Å². The monoisotopic (exact) mass is 313 g/mol. The number of ether oxygens (including phenoxy) is 1. The fraction of sp³-hybridized carbons (Fsp3) is 0.263. The SMILES string of the molecule is C=CCc1cc(CNCC(O)c2ccccc2)c(O)c(OC)c1. The number of aliphatic hydroxyl groups excluding tert-OH is 1. The number of aliphatic hydroxyl groups is 1. The third kappa shape index (κ3) is 4.58. The molecule has 0 aliphatic rings. The summed E-state index contributed by atoms with van der Waals surface area (Å²) in [4.78, 5) is 0. The van der Waals surface area contributed by atoms with Crippen LogP contribution in [0.3, 0.4) is 0 Å². The Balaban J connectivity index is 2.02. The van der Waals surface area contributed by atoms with E-state index in [-0.39, 0.29) is 5.75 Å². The first-order valence-electron chi connectivity index (χ1n) is 7.59. The molecule has 0 bridgehead atoms. The van der Waals surface area contributed by atoms with Crippen molar-refractivity contribution in [3.63, 3.8) is 0 Å². The first-order valence-corrected chi connectivity index (χ1v) is 7.59. The molecule has 2 rings (SSSR count). The van der Waals surface area contributed by atoms with Crippen molar-refractivity contribution in [2.24, 2.45) is 0 Å².